The molecule has 1 aromatic rings. The normalized spacial score (nSPS) is 28.1. The molecule has 0 spiro atoms. The van der Waals surface area contributed by atoms with Crippen LogP contribution in [0, 0.1) is 12.8 Å². The summed E-state index contributed by atoms with van der Waals surface area (Å²) in [6.07, 6.45) is 4.77. The third-order valence-corrected chi connectivity index (χ3v) is 6.40. The molecule has 1 saturated carbocycles. The first kappa shape index (κ1) is 18.3. The first-order valence-electron chi connectivity index (χ1n) is 10.0. The highest BCUT2D eigenvalue weighted by molar-refractivity contribution is 5.98. The number of benzene rings is 1. The van der Waals surface area contributed by atoms with Crippen molar-refractivity contribution in [3.8, 4) is 0 Å². The second-order valence-corrected chi connectivity index (χ2v) is 8.01. The first-order chi connectivity index (χ1) is 13.1. The molecule has 146 valence electrons. The van der Waals surface area contributed by atoms with Crippen LogP contribution in [0.2, 0.25) is 0 Å². The van der Waals surface area contributed by atoms with Crippen LogP contribution in [0.3, 0.4) is 0 Å². The highest BCUT2D eigenvalue weighted by atomic mass is 16.5. The Hall–Kier alpha value is -2.08. The van der Waals surface area contributed by atoms with E-state index < -0.39 is 12.0 Å². The third kappa shape index (κ3) is 3.43. The summed E-state index contributed by atoms with van der Waals surface area (Å²) in [6, 6.07) is 5.16. The van der Waals surface area contributed by atoms with Gasteiger partial charge in [-0.25, -0.2) is 4.79 Å². The molecule has 4 rings (SSSR count). The van der Waals surface area contributed by atoms with Crippen LogP contribution in [0.15, 0.2) is 18.2 Å². The number of likely N-dealkylation sites (tertiary alicyclic amines) is 1. The Morgan fingerprint density at radius 2 is 1.89 bits per heavy atom. The van der Waals surface area contributed by atoms with Gasteiger partial charge in [0.25, 0.3) is 5.91 Å². The van der Waals surface area contributed by atoms with Crippen LogP contribution < -0.4 is 4.90 Å². The topological polar surface area (TPSA) is 70.1 Å². The molecule has 1 aromatic carbocycles. The number of carbonyl (C=O) groups is 2. The number of anilines is 1. The van der Waals surface area contributed by atoms with Crippen LogP contribution in [0.1, 0.15) is 48.0 Å². The van der Waals surface area contributed by atoms with Gasteiger partial charge in [-0.2, -0.15) is 0 Å². The zero-order valence-electron chi connectivity index (χ0n) is 15.9. The van der Waals surface area contributed by atoms with Crippen molar-refractivity contribution in [2.45, 2.75) is 51.1 Å². The van der Waals surface area contributed by atoms with Crippen LogP contribution in [-0.2, 0) is 9.53 Å². The number of carbonyl (C=O) groups excluding carboxylic acids is 1. The summed E-state index contributed by atoms with van der Waals surface area (Å²) in [6.45, 7) is 5.16. The Balaban J connectivity index is 1.59. The molecule has 0 aromatic heterocycles. The number of nitrogens with zero attached hydrogens (tertiary/aromatic N) is 2. The number of aliphatic carboxylic acids is 1. The summed E-state index contributed by atoms with van der Waals surface area (Å²) in [5.41, 5.74) is 2.78. The van der Waals surface area contributed by atoms with Gasteiger partial charge in [0.15, 0.2) is 0 Å². The predicted octanol–water partition coefficient (Wildman–Crippen LogP) is 2.69. The minimum Gasteiger partial charge on any atom is -0.480 e. The van der Waals surface area contributed by atoms with Crippen molar-refractivity contribution >= 4 is 17.6 Å². The lowest BCUT2D eigenvalue weighted by molar-refractivity contribution is -0.141. The number of hydrogen-bond donors (Lipinski definition) is 1. The smallest absolute Gasteiger partial charge is 0.326 e. The maximum Gasteiger partial charge on any atom is 0.326 e. The lowest BCUT2D eigenvalue weighted by Gasteiger charge is -2.33. The minimum absolute atomic E-state index is 0.0755. The Morgan fingerprint density at radius 3 is 2.59 bits per heavy atom. The molecule has 1 amide bonds. The number of morpholine rings is 1. The number of hydrogen-bond acceptors (Lipinski definition) is 4. The van der Waals surface area contributed by atoms with E-state index in [4.69, 9.17) is 4.74 Å². The number of carboxylic acid groups (broad SMARTS) is 1. The van der Waals surface area contributed by atoms with E-state index in [1.807, 2.05) is 25.1 Å². The highest BCUT2D eigenvalue weighted by Crippen LogP contribution is 2.40. The quantitative estimate of drug-likeness (QED) is 0.883. The van der Waals surface area contributed by atoms with Gasteiger partial charge in [-0.1, -0.05) is 12.8 Å². The van der Waals surface area contributed by atoms with E-state index in [1.54, 1.807) is 4.90 Å². The van der Waals surface area contributed by atoms with Crippen molar-refractivity contribution in [1.29, 1.82) is 0 Å². The third-order valence-electron chi connectivity index (χ3n) is 6.40. The van der Waals surface area contributed by atoms with Gasteiger partial charge in [-0.15, -0.1) is 0 Å². The Bertz CT molecular complexity index is 729. The Kier molecular flexibility index (Phi) is 5.08. The fourth-order valence-corrected chi connectivity index (χ4v) is 5.07. The molecule has 0 radical (unpaired) electrons. The van der Waals surface area contributed by atoms with E-state index in [-0.39, 0.29) is 11.9 Å². The lowest BCUT2D eigenvalue weighted by Crippen LogP contribution is -2.46. The van der Waals surface area contributed by atoms with Gasteiger partial charge in [0, 0.05) is 30.4 Å². The SMILES string of the molecule is Cc1cc(C(=O)N2C(C(=O)O)CC3CCCCC32)ccc1N1CCOCC1. The molecule has 3 aliphatic rings. The van der Waals surface area contributed by atoms with E-state index in [9.17, 15) is 14.7 Å². The van der Waals surface area contributed by atoms with Crippen molar-refractivity contribution in [2.24, 2.45) is 5.92 Å². The van der Waals surface area contributed by atoms with Gasteiger partial charge in [-0.05, 0) is 55.9 Å². The van der Waals surface area contributed by atoms with E-state index in [0.29, 0.717) is 17.9 Å². The van der Waals surface area contributed by atoms with Crippen LogP contribution in [-0.4, -0.2) is 60.3 Å². The van der Waals surface area contributed by atoms with E-state index in [0.717, 1.165) is 63.2 Å². The van der Waals surface area contributed by atoms with Gasteiger partial charge in [0.1, 0.15) is 6.04 Å². The van der Waals surface area contributed by atoms with Crippen molar-refractivity contribution in [1.82, 2.24) is 4.90 Å². The van der Waals surface area contributed by atoms with Crippen LogP contribution in [0.4, 0.5) is 5.69 Å². The summed E-state index contributed by atoms with van der Waals surface area (Å²) in [5.74, 6) is -0.676. The maximum absolute atomic E-state index is 13.3. The standard InChI is InChI=1S/C21H28N2O4/c1-14-12-16(6-7-17(14)22-8-10-27-11-9-22)20(24)23-18-5-3-2-4-15(18)13-19(23)21(25)26/h6-7,12,15,18-19H,2-5,8-11,13H2,1H3,(H,25,26). The summed E-state index contributed by atoms with van der Waals surface area (Å²) >= 11 is 0. The summed E-state index contributed by atoms with van der Waals surface area (Å²) < 4.78 is 5.42. The lowest BCUT2D eigenvalue weighted by atomic mass is 9.84. The molecule has 27 heavy (non-hydrogen) atoms. The zero-order chi connectivity index (χ0) is 19.0. The van der Waals surface area contributed by atoms with Crippen LogP contribution in [0.5, 0.6) is 0 Å². The van der Waals surface area contributed by atoms with Crippen molar-refractivity contribution in [3.05, 3.63) is 29.3 Å². The molecule has 1 aliphatic carbocycles. The molecule has 3 fully saturated rings. The van der Waals surface area contributed by atoms with Gasteiger partial charge >= 0.3 is 5.97 Å². The van der Waals surface area contributed by atoms with Crippen molar-refractivity contribution < 1.29 is 19.4 Å². The molecule has 6 heteroatoms. The molecule has 1 N–H and O–H groups in total. The predicted molar refractivity (Wildman–Crippen MR) is 102 cm³/mol. The molecular weight excluding hydrogens is 344 g/mol. The molecule has 6 nitrogen and oxygen atoms in total. The van der Waals surface area contributed by atoms with E-state index >= 15 is 0 Å². The van der Waals surface area contributed by atoms with Crippen LogP contribution in [0.25, 0.3) is 0 Å². The van der Waals surface area contributed by atoms with E-state index in [1.165, 1.54) is 0 Å². The number of fused-ring (bicyclic) bond motifs is 1. The molecule has 2 aliphatic heterocycles. The van der Waals surface area contributed by atoms with Gasteiger partial charge in [0.05, 0.1) is 13.2 Å². The fourth-order valence-electron chi connectivity index (χ4n) is 5.07. The second-order valence-electron chi connectivity index (χ2n) is 8.01. The van der Waals surface area contributed by atoms with Crippen molar-refractivity contribution in [2.75, 3.05) is 31.2 Å². The van der Waals surface area contributed by atoms with E-state index in [2.05, 4.69) is 4.90 Å². The number of ether oxygens (including phenoxy) is 1. The van der Waals surface area contributed by atoms with Gasteiger partial charge in [-0.3, -0.25) is 4.79 Å². The molecule has 2 saturated heterocycles. The number of amides is 1. The van der Waals surface area contributed by atoms with Crippen LogP contribution >= 0.6 is 0 Å². The molecule has 0 bridgehead atoms. The number of carboxylic acids is 1. The zero-order valence-corrected chi connectivity index (χ0v) is 15.9. The molecule has 3 unspecified atom stereocenters. The average molecular weight is 372 g/mol. The molecule has 2 heterocycles. The minimum atomic E-state index is -0.876. The summed E-state index contributed by atoms with van der Waals surface area (Å²) in [4.78, 5) is 29.0. The second kappa shape index (κ2) is 7.50. The maximum atomic E-state index is 13.3. The largest absolute Gasteiger partial charge is 0.480 e. The van der Waals surface area contributed by atoms with Gasteiger partial charge in [0.2, 0.25) is 0 Å². The molecular formula is C21H28N2O4. The fraction of sp³-hybridized carbons (Fsp3) is 0.619. The van der Waals surface area contributed by atoms with Crippen molar-refractivity contribution in [3.63, 3.8) is 0 Å². The average Bonchev–Trinajstić information content (AvgIpc) is 3.08. The Labute approximate surface area is 160 Å². The Morgan fingerprint density at radius 1 is 1.15 bits per heavy atom. The monoisotopic (exact) mass is 372 g/mol. The summed E-state index contributed by atoms with van der Waals surface area (Å²) in [7, 11) is 0. The number of rotatable bonds is 3. The molecule has 3 atom stereocenters. The first-order valence-corrected chi connectivity index (χ1v) is 10.0. The highest BCUT2D eigenvalue weighted by Gasteiger charge is 2.47. The number of aryl methyl sites for hydroxylation is 1. The van der Waals surface area contributed by atoms with Gasteiger partial charge < -0.3 is 19.6 Å². The summed E-state index contributed by atoms with van der Waals surface area (Å²) in [5, 5.41) is 9.68.